The van der Waals surface area contributed by atoms with Gasteiger partial charge in [0.05, 0.1) is 11.3 Å². The third-order valence-electron chi connectivity index (χ3n) is 2.21. The average Bonchev–Trinajstić information content (AvgIpc) is 2.58. The molecule has 0 saturated heterocycles. The van der Waals surface area contributed by atoms with Gasteiger partial charge in [-0.3, -0.25) is 4.57 Å². The smallest absolute Gasteiger partial charge is 0.368 e. The molecule has 0 saturated carbocycles. The molecule has 0 unspecified atom stereocenters. The number of rotatable bonds is 1. The van der Waals surface area contributed by atoms with Crippen molar-refractivity contribution in [2.45, 2.75) is 6.18 Å². The summed E-state index contributed by atoms with van der Waals surface area (Å²) in [7, 11) is 0. The van der Waals surface area contributed by atoms with Gasteiger partial charge in [-0.2, -0.15) is 13.2 Å². The van der Waals surface area contributed by atoms with Crippen molar-refractivity contribution >= 4 is 34.1 Å². The summed E-state index contributed by atoms with van der Waals surface area (Å²) >= 11 is 7.75. The van der Waals surface area contributed by atoms with Gasteiger partial charge in [0.25, 0.3) is 0 Å². The van der Waals surface area contributed by atoms with E-state index in [0.29, 0.717) is 0 Å². The van der Waals surface area contributed by atoms with Gasteiger partial charge in [-0.05, 0) is 30.4 Å². The Morgan fingerprint density at radius 3 is 2.56 bits per heavy atom. The Morgan fingerprint density at radius 1 is 1.39 bits per heavy atom. The zero-order valence-electron chi connectivity index (χ0n) is 8.62. The summed E-state index contributed by atoms with van der Waals surface area (Å²) in [6.07, 6.45) is -4.46. The standard InChI is InChI=1S/C9H6BrF3N4S/c10-6-2-1-4(3-5(6)9(11,12)13)17-7(14)15-16-8(17)18/h1-3H,(H2,14,15)(H,16,18). The van der Waals surface area contributed by atoms with Crippen molar-refractivity contribution in [3.05, 3.63) is 33.0 Å². The Hall–Kier alpha value is -1.35. The van der Waals surface area contributed by atoms with Crippen LogP contribution in [0.2, 0.25) is 0 Å². The highest BCUT2D eigenvalue weighted by Gasteiger charge is 2.33. The lowest BCUT2D eigenvalue weighted by Crippen LogP contribution is -2.08. The van der Waals surface area contributed by atoms with E-state index >= 15 is 0 Å². The monoisotopic (exact) mass is 338 g/mol. The number of nitrogens with two attached hydrogens (primary N) is 1. The van der Waals surface area contributed by atoms with E-state index in [4.69, 9.17) is 18.0 Å². The minimum Gasteiger partial charge on any atom is -0.368 e. The summed E-state index contributed by atoms with van der Waals surface area (Å²) in [6.45, 7) is 0. The SMILES string of the molecule is Nc1n[nH]c(=S)n1-c1ccc(Br)c(C(F)(F)F)c1. The van der Waals surface area contributed by atoms with Gasteiger partial charge in [0.15, 0.2) is 0 Å². The van der Waals surface area contributed by atoms with Gasteiger partial charge >= 0.3 is 6.18 Å². The first-order chi connectivity index (χ1) is 8.30. The second kappa shape index (κ2) is 4.39. The van der Waals surface area contributed by atoms with Gasteiger partial charge in [0.2, 0.25) is 10.7 Å². The van der Waals surface area contributed by atoms with Crippen LogP contribution in [0.5, 0.6) is 0 Å². The number of aromatic amines is 1. The number of aromatic nitrogens is 3. The summed E-state index contributed by atoms with van der Waals surface area (Å²) < 4.78 is 39.6. The highest BCUT2D eigenvalue weighted by Crippen LogP contribution is 2.36. The summed E-state index contributed by atoms with van der Waals surface area (Å²) in [5, 5.41) is 6.04. The van der Waals surface area contributed by atoms with Crippen LogP contribution in [0.3, 0.4) is 0 Å². The van der Waals surface area contributed by atoms with E-state index in [9.17, 15) is 13.2 Å². The molecule has 0 spiro atoms. The Morgan fingerprint density at radius 2 is 2.06 bits per heavy atom. The van der Waals surface area contributed by atoms with Crippen LogP contribution in [0.4, 0.5) is 19.1 Å². The minimum atomic E-state index is -4.46. The van der Waals surface area contributed by atoms with Crippen LogP contribution in [0.1, 0.15) is 5.56 Å². The molecule has 2 aromatic rings. The van der Waals surface area contributed by atoms with Crippen LogP contribution in [0, 0.1) is 4.77 Å². The molecule has 0 bridgehead atoms. The molecular formula is C9H6BrF3N4S. The molecule has 1 aromatic heterocycles. The Bertz CT molecular complexity index is 646. The van der Waals surface area contributed by atoms with E-state index in [2.05, 4.69) is 26.1 Å². The van der Waals surface area contributed by atoms with E-state index < -0.39 is 11.7 Å². The molecule has 4 nitrogen and oxygen atoms in total. The summed E-state index contributed by atoms with van der Waals surface area (Å²) in [5.74, 6) is -0.00422. The number of nitrogen functional groups attached to an aromatic ring is 1. The van der Waals surface area contributed by atoms with Crippen molar-refractivity contribution in [1.29, 1.82) is 0 Å². The normalized spacial score (nSPS) is 11.8. The first-order valence-corrected chi connectivity index (χ1v) is 5.81. The summed E-state index contributed by atoms with van der Waals surface area (Å²) in [6, 6.07) is 3.69. The van der Waals surface area contributed by atoms with Gasteiger partial charge in [-0.25, -0.2) is 5.10 Å². The van der Waals surface area contributed by atoms with Crippen molar-refractivity contribution in [2.75, 3.05) is 5.73 Å². The Kier molecular flexibility index (Phi) is 3.20. The average molecular weight is 339 g/mol. The molecule has 96 valence electrons. The predicted molar refractivity (Wildman–Crippen MR) is 65.9 cm³/mol. The third-order valence-corrected chi connectivity index (χ3v) is 3.18. The van der Waals surface area contributed by atoms with Crippen LogP contribution in [-0.4, -0.2) is 14.8 Å². The number of nitrogens with one attached hydrogen (secondary N) is 1. The number of hydrogen-bond acceptors (Lipinski definition) is 3. The summed E-state index contributed by atoms with van der Waals surface area (Å²) in [4.78, 5) is 0. The molecule has 0 aliphatic rings. The molecule has 0 atom stereocenters. The molecule has 18 heavy (non-hydrogen) atoms. The van der Waals surface area contributed by atoms with E-state index in [0.717, 1.165) is 6.07 Å². The van der Waals surface area contributed by atoms with E-state index in [-0.39, 0.29) is 20.9 Å². The van der Waals surface area contributed by atoms with Gasteiger partial charge in [0.1, 0.15) is 0 Å². The maximum Gasteiger partial charge on any atom is 0.417 e. The number of H-pyrrole nitrogens is 1. The molecule has 0 amide bonds. The number of benzene rings is 1. The van der Waals surface area contributed by atoms with Crippen LogP contribution < -0.4 is 5.73 Å². The number of hydrogen-bond donors (Lipinski definition) is 2. The molecule has 1 heterocycles. The fourth-order valence-electron chi connectivity index (χ4n) is 1.43. The molecule has 9 heteroatoms. The first-order valence-electron chi connectivity index (χ1n) is 4.60. The molecular weight excluding hydrogens is 333 g/mol. The third kappa shape index (κ3) is 2.27. The van der Waals surface area contributed by atoms with Crippen molar-refractivity contribution in [2.24, 2.45) is 0 Å². The molecule has 3 N–H and O–H groups in total. The van der Waals surface area contributed by atoms with Crippen LogP contribution >= 0.6 is 28.1 Å². The number of halogens is 4. The fourth-order valence-corrected chi connectivity index (χ4v) is 2.14. The summed E-state index contributed by atoms with van der Waals surface area (Å²) in [5.41, 5.74) is 4.92. The van der Waals surface area contributed by atoms with Gasteiger partial charge in [0, 0.05) is 4.47 Å². The molecule has 0 aliphatic heterocycles. The van der Waals surface area contributed by atoms with Crippen LogP contribution in [0.25, 0.3) is 5.69 Å². The Balaban J connectivity index is 2.65. The molecule has 2 rings (SSSR count). The largest absolute Gasteiger partial charge is 0.417 e. The van der Waals surface area contributed by atoms with Crippen molar-refractivity contribution in [3.63, 3.8) is 0 Å². The predicted octanol–water partition coefficient (Wildman–Crippen LogP) is 3.29. The van der Waals surface area contributed by atoms with Crippen molar-refractivity contribution in [3.8, 4) is 5.69 Å². The van der Waals surface area contributed by atoms with Crippen molar-refractivity contribution < 1.29 is 13.2 Å². The van der Waals surface area contributed by atoms with Gasteiger partial charge in [-0.1, -0.05) is 15.9 Å². The number of alkyl halides is 3. The zero-order valence-corrected chi connectivity index (χ0v) is 11.0. The lowest BCUT2D eigenvalue weighted by atomic mass is 10.2. The minimum absolute atomic E-state index is 0.00422. The highest BCUT2D eigenvalue weighted by atomic mass is 79.9. The molecule has 0 radical (unpaired) electrons. The Labute approximate surface area is 113 Å². The number of nitrogens with zero attached hydrogens (tertiary/aromatic N) is 2. The lowest BCUT2D eigenvalue weighted by Gasteiger charge is -2.11. The van der Waals surface area contributed by atoms with Crippen molar-refractivity contribution in [1.82, 2.24) is 14.8 Å². The quantitative estimate of drug-likeness (QED) is 0.784. The highest BCUT2D eigenvalue weighted by molar-refractivity contribution is 9.10. The van der Waals surface area contributed by atoms with Crippen LogP contribution in [0.15, 0.2) is 22.7 Å². The van der Waals surface area contributed by atoms with E-state index in [1.807, 2.05) is 0 Å². The fraction of sp³-hybridized carbons (Fsp3) is 0.111. The number of anilines is 1. The zero-order chi connectivity index (χ0) is 13.5. The molecule has 0 aliphatic carbocycles. The van der Waals surface area contributed by atoms with Crippen LogP contribution in [-0.2, 0) is 6.18 Å². The van der Waals surface area contributed by atoms with Gasteiger partial charge < -0.3 is 5.73 Å². The molecule has 0 fully saturated rings. The maximum atomic E-state index is 12.8. The topological polar surface area (TPSA) is 59.6 Å². The second-order valence-electron chi connectivity index (χ2n) is 3.38. The second-order valence-corrected chi connectivity index (χ2v) is 4.63. The van der Waals surface area contributed by atoms with Gasteiger partial charge in [-0.15, -0.1) is 5.10 Å². The molecule has 1 aromatic carbocycles. The first kappa shape index (κ1) is 13.1. The van der Waals surface area contributed by atoms with E-state index in [1.165, 1.54) is 16.7 Å². The maximum absolute atomic E-state index is 12.8. The van der Waals surface area contributed by atoms with E-state index in [1.54, 1.807) is 0 Å². The lowest BCUT2D eigenvalue weighted by molar-refractivity contribution is -0.138.